The van der Waals surface area contributed by atoms with Crippen LogP contribution in [0.2, 0.25) is 0 Å². The lowest BCUT2D eigenvalue weighted by Crippen LogP contribution is -2.59. The van der Waals surface area contributed by atoms with Gasteiger partial charge in [-0.2, -0.15) is 0 Å². The topological polar surface area (TPSA) is 85.2 Å². The molecule has 5 atom stereocenters. The maximum absolute atomic E-state index is 10.9. The summed E-state index contributed by atoms with van der Waals surface area (Å²) in [6.07, 6.45) is -4.13. The van der Waals surface area contributed by atoms with E-state index in [4.69, 9.17) is 14.2 Å². The van der Waals surface area contributed by atoms with Crippen molar-refractivity contribution in [3.05, 3.63) is 0 Å². The smallest absolute Gasteiger partial charge is 0.303 e. The van der Waals surface area contributed by atoms with Crippen molar-refractivity contribution >= 4 is 5.97 Å². The zero-order chi connectivity index (χ0) is 12.3. The van der Waals surface area contributed by atoms with E-state index in [0.717, 1.165) is 0 Å². The predicted octanol–water partition coefficient (Wildman–Crippen LogP) is -0.579. The molecular formula is C10H18O6. The fourth-order valence-electron chi connectivity index (χ4n) is 1.75. The van der Waals surface area contributed by atoms with E-state index >= 15 is 0 Å². The van der Waals surface area contributed by atoms with E-state index in [-0.39, 0.29) is 0 Å². The quantitative estimate of drug-likeness (QED) is 0.636. The minimum Gasteiger partial charge on any atom is -0.454 e. The zero-order valence-electron chi connectivity index (χ0n) is 9.62. The number of carbonyl (C=O) groups excluding carboxylic acids is 1. The summed E-state index contributed by atoms with van der Waals surface area (Å²) >= 11 is 0. The third-order valence-corrected chi connectivity index (χ3v) is 2.58. The second kappa shape index (κ2) is 5.58. The molecule has 5 unspecified atom stereocenters. The Morgan fingerprint density at radius 2 is 2.00 bits per heavy atom. The summed E-state index contributed by atoms with van der Waals surface area (Å²) in [5.74, 6) is -0.558. The molecule has 0 aliphatic carbocycles. The molecule has 0 bridgehead atoms. The number of hydrogen-bond acceptors (Lipinski definition) is 6. The Hall–Kier alpha value is -0.690. The molecule has 0 spiro atoms. The van der Waals surface area contributed by atoms with Crippen LogP contribution in [0.3, 0.4) is 0 Å². The molecule has 6 heteroatoms. The lowest BCUT2D eigenvalue weighted by Gasteiger charge is -2.41. The second-order valence-electron chi connectivity index (χ2n) is 3.74. The monoisotopic (exact) mass is 234 g/mol. The lowest BCUT2D eigenvalue weighted by atomic mass is 9.97. The Bertz CT molecular complexity index is 241. The standard InChI is InChI=1S/C10H18O6/c1-4-6-7(12)8(13)9(15-5(2)11)10(14-3)16-6/h6-10,12-13H,4H2,1-3H3. The molecule has 0 radical (unpaired) electrons. The highest BCUT2D eigenvalue weighted by atomic mass is 16.7. The number of carbonyl (C=O) groups is 1. The highest BCUT2D eigenvalue weighted by Gasteiger charge is 2.45. The zero-order valence-corrected chi connectivity index (χ0v) is 9.62. The van der Waals surface area contributed by atoms with Crippen LogP contribution < -0.4 is 0 Å². The molecule has 1 heterocycles. The number of methoxy groups -OCH3 is 1. The fraction of sp³-hybridized carbons (Fsp3) is 0.900. The van der Waals surface area contributed by atoms with Crippen molar-refractivity contribution in [2.24, 2.45) is 0 Å². The average Bonchev–Trinajstić information content (AvgIpc) is 2.25. The van der Waals surface area contributed by atoms with Crippen LogP contribution in [0.25, 0.3) is 0 Å². The first kappa shape index (κ1) is 13.4. The summed E-state index contributed by atoms with van der Waals surface area (Å²) in [5, 5.41) is 19.5. The Morgan fingerprint density at radius 3 is 2.44 bits per heavy atom. The molecule has 1 rings (SSSR count). The van der Waals surface area contributed by atoms with Crippen LogP contribution in [0.1, 0.15) is 20.3 Å². The van der Waals surface area contributed by atoms with Crippen LogP contribution in [-0.2, 0) is 19.0 Å². The van der Waals surface area contributed by atoms with E-state index in [1.807, 2.05) is 6.92 Å². The van der Waals surface area contributed by atoms with Crippen molar-refractivity contribution in [1.29, 1.82) is 0 Å². The molecule has 0 aromatic rings. The molecule has 1 fully saturated rings. The van der Waals surface area contributed by atoms with Gasteiger partial charge < -0.3 is 24.4 Å². The summed E-state index contributed by atoms with van der Waals surface area (Å²) in [6.45, 7) is 3.04. The summed E-state index contributed by atoms with van der Waals surface area (Å²) in [5.41, 5.74) is 0. The van der Waals surface area contributed by atoms with Gasteiger partial charge in [-0.25, -0.2) is 0 Å². The molecule has 0 saturated carbocycles. The molecular weight excluding hydrogens is 216 g/mol. The van der Waals surface area contributed by atoms with Gasteiger partial charge in [-0.1, -0.05) is 6.92 Å². The van der Waals surface area contributed by atoms with Gasteiger partial charge in [0, 0.05) is 14.0 Å². The Labute approximate surface area is 94.1 Å². The number of hydrogen-bond donors (Lipinski definition) is 2. The number of aliphatic hydroxyl groups excluding tert-OH is 2. The third kappa shape index (κ3) is 2.70. The maximum atomic E-state index is 10.9. The number of rotatable bonds is 3. The van der Waals surface area contributed by atoms with E-state index in [0.29, 0.717) is 6.42 Å². The summed E-state index contributed by atoms with van der Waals surface area (Å²) in [4.78, 5) is 10.9. The first-order chi connectivity index (χ1) is 7.51. The molecule has 1 saturated heterocycles. The molecule has 2 N–H and O–H groups in total. The molecule has 16 heavy (non-hydrogen) atoms. The van der Waals surface area contributed by atoms with Crippen molar-refractivity contribution in [2.45, 2.75) is 51.0 Å². The van der Waals surface area contributed by atoms with E-state index in [9.17, 15) is 15.0 Å². The van der Waals surface area contributed by atoms with Gasteiger partial charge in [0.2, 0.25) is 0 Å². The number of esters is 1. The highest BCUT2D eigenvalue weighted by molar-refractivity contribution is 5.66. The van der Waals surface area contributed by atoms with Gasteiger partial charge in [-0.3, -0.25) is 4.79 Å². The SMILES string of the molecule is CCC1OC(OC)C(OC(C)=O)C(O)C1O. The largest absolute Gasteiger partial charge is 0.454 e. The third-order valence-electron chi connectivity index (χ3n) is 2.58. The molecule has 1 aliphatic heterocycles. The van der Waals surface area contributed by atoms with Gasteiger partial charge in [-0.05, 0) is 6.42 Å². The van der Waals surface area contributed by atoms with Crippen molar-refractivity contribution in [3.63, 3.8) is 0 Å². The summed E-state index contributed by atoms with van der Waals surface area (Å²) in [6, 6.07) is 0. The number of aliphatic hydroxyl groups is 2. The second-order valence-corrected chi connectivity index (χ2v) is 3.74. The maximum Gasteiger partial charge on any atom is 0.303 e. The fourth-order valence-corrected chi connectivity index (χ4v) is 1.75. The summed E-state index contributed by atoms with van der Waals surface area (Å²) in [7, 11) is 1.39. The van der Waals surface area contributed by atoms with Crippen LogP contribution in [0, 0.1) is 0 Å². The van der Waals surface area contributed by atoms with Gasteiger partial charge in [0.15, 0.2) is 12.4 Å². The minimum absolute atomic E-state index is 0.522. The van der Waals surface area contributed by atoms with Crippen LogP contribution >= 0.6 is 0 Å². The van der Waals surface area contributed by atoms with Crippen molar-refractivity contribution in [1.82, 2.24) is 0 Å². The average molecular weight is 234 g/mol. The molecule has 94 valence electrons. The lowest BCUT2D eigenvalue weighted by molar-refractivity contribution is -0.293. The van der Waals surface area contributed by atoms with Crippen LogP contribution in [0.5, 0.6) is 0 Å². The van der Waals surface area contributed by atoms with Crippen LogP contribution in [0.4, 0.5) is 0 Å². The van der Waals surface area contributed by atoms with E-state index in [1.54, 1.807) is 0 Å². The Kier molecular flexibility index (Phi) is 4.67. The highest BCUT2D eigenvalue weighted by Crippen LogP contribution is 2.25. The van der Waals surface area contributed by atoms with Crippen molar-refractivity contribution < 1.29 is 29.2 Å². The minimum atomic E-state index is -1.20. The van der Waals surface area contributed by atoms with Crippen LogP contribution in [-0.4, -0.2) is 54.0 Å². The van der Waals surface area contributed by atoms with Gasteiger partial charge in [0.05, 0.1) is 6.10 Å². The van der Waals surface area contributed by atoms with Crippen LogP contribution in [0.15, 0.2) is 0 Å². The van der Waals surface area contributed by atoms with Crippen molar-refractivity contribution in [2.75, 3.05) is 7.11 Å². The van der Waals surface area contributed by atoms with Gasteiger partial charge in [0.1, 0.15) is 12.2 Å². The molecule has 0 amide bonds. The van der Waals surface area contributed by atoms with Gasteiger partial charge in [0.25, 0.3) is 0 Å². The van der Waals surface area contributed by atoms with Gasteiger partial charge in [-0.15, -0.1) is 0 Å². The van der Waals surface area contributed by atoms with E-state index in [2.05, 4.69) is 0 Å². The Morgan fingerprint density at radius 1 is 1.38 bits per heavy atom. The number of ether oxygens (including phenoxy) is 3. The molecule has 1 aliphatic rings. The molecule has 0 aromatic heterocycles. The van der Waals surface area contributed by atoms with E-state index < -0.39 is 36.7 Å². The first-order valence-electron chi connectivity index (χ1n) is 5.22. The van der Waals surface area contributed by atoms with Gasteiger partial charge >= 0.3 is 5.97 Å². The Balaban J connectivity index is 2.77. The predicted molar refractivity (Wildman–Crippen MR) is 53.5 cm³/mol. The molecule has 6 nitrogen and oxygen atoms in total. The van der Waals surface area contributed by atoms with Crippen molar-refractivity contribution in [3.8, 4) is 0 Å². The van der Waals surface area contributed by atoms with E-state index in [1.165, 1.54) is 14.0 Å². The first-order valence-corrected chi connectivity index (χ1v) is 5.22. The summed E-state index contributed by atoms with van der Waals surface area (Å²) < 4.78 is 15.2. The normalized spacial score (nSPS) is 39.4. The molecule has 0 aromatic carbocycles.